The third-order valence-electron chi connectivity index (χ3n) is 2.59. The van der Waals surface area contributed by atoms with Gasteiger partial charge in [-0.05, 0) is 12.1 Å². The smallest absolute Gasteiger partial charge is 0.294 e. The van der Waals surface area contributed by atoms with Gasteiger partial charge >= 0.3 is 0 Å². The number of nitrogens with one attached hydrogen (secondary N) is 1. The summed E-state index contributed by atoms with van der Waals surface area (Å²) in [7, 11) is 2.88. The number of benzene rings is 1. The van der Waals surface area contributed by atoms with Crippen molar-refractivity contribution < 1.29 is 18.4 Å². The number of Topliss-reactive ketones (excluding diaryl/α,β-unsaturated/α-hetero) is 1. The maximum atomic E-state index is 13.4. The van der Waals surface area contributed by atoms with Crippen molar-refractivity contribution in [2.24, 2.45) is 0 Å². The van der Waals surface area contributed by atoms with Crippen molar-refractivity contribution in [1.29, 1.82) is 0 Å². The minimum absolute atomic E-state index is 0.0302. The molecule has 1 heterocycles. The Morgan fingerprint density at radius 1 is 1.22 bits per heavy atom. The number of halogens is 2. The molecule has 1 N–H and O–H groups in total. The summed E-state index contributed by atoms with van der Waals surface area (Å²) in [4.78, 5) is 27.0. The van der Waals surface area contributed by atoms with Crippen LogP contribution in [-0.2, 0) is 4.79 Å². The highest BCUT2D eigenvalue weighted by atomic mass is 19.2. The van der Waals surface area contributed by atoms with Crippen LogP contribution < -0.4 is 0 Å². The van der Waals surface area contributed by atoms with Gasteiger partial charge in [0.15, 0.2) is 11.6 Å². The van der Waals surface area contributed by atoms with Gasteiger partial charge in [-0.2, -0.15) is 0 Å². The van der Waals surface area contributed by atoms with Crippen LogP contribution in [0.4, 0.5) is 8.78 Å². The minimum atomic E-state index is -1.07. The van der Waals surface area contributed by atoms with Crippen LogP contribution in [0.2, 0.25) is 0 Å². The molecule has 0 spiro atoms. The zero-order chi connectivity index (χ0) is 13.4. The summed E-state index contributed by atoms with van der Waals surface area (Å²) in [5, 5.41) is 0.189. The fourth-order valence-corrected chi connectivity index (χ4v) is 1.64. The van der Waals surface area contributed by atoms with Crippen molar-refractivity contribution in [2.45, 2.75) is 0 Å². The number of H-pyrrole nitrogens is 1. The second-order valence-electron chi connectivity index (χ2n) is 4.01. The molecule has 1 amide bonds. The molecule has 4 nitrogen and oxygen atoms in total. The molecule has 0 aliphatic rings. The SMILES string of the molecule is CN(C)C(=O)C(=O)c1c[nH]c2c(F)c(F)ccc12. The maximum Gasteiger partial charge on any atom is 0.294 e. The quantitative estimate of drug-likeness (QED) is 0.653. The van der Waals surface area contributed by atoms with E-state index in [-0.39, 0.29) is 16.5 Å². The number of carbonyl (C=O) groups excluding carboxylic acids is 2. The molecular formula is C12H10F2N2O2. The Labute approximate surface area is 101 Å². The lowest BCUT2D eigenvalue weighted by atomic mass is 10.1. The predicted octanol–water partition coefficient (Wildman–Crippen LogP) is 1.72. The summed E-state index contributed by atoms with van der Waals surface area (Å²) < 4.78 is 26.4. The highest BCUT2D eigenvalue weighted by Crippen LogP contribution is 2.23. The monoisotopic (exact) mass is 252 g/mol. The molecule has 0 aliphatic carbocycles. The highest BCUT2D eigenvalue weighted by molar-refractivity contribution is 6.44. The zero-order valence-corrected chi connectivity index (χ0v) is 9.75. The first-order valence-electron chi connectivity index (χ1n) is 5.14. The third kappa shape index (κ3) is 1.75. The van der Waals surface area contributed by atoms with Crippen molar-refractivity contribution in [2.75, 3.05) is 14.1 Å². The van der Waals surface area contributed by atoms with Gasteiger partial charge in [0.2, 0.25) is 0 Å². The Balaban J connectivity index is 2.57. The summed E-state index contributed by atoms with van der Waals surface area (Å²) in [6.45, 7) is 0. The van der Waals surface area contributed by atoms with E-state index in [0.717, 1.165) is 11.0 Å². The van der Waals surface area contributed by atoms with E-state index in [1.54, 1.807) is 0 Å². The summed E-state index contributed by atoms with van der Waals surface area (Å²) in [6.07, 6.45) is 1.21. The van der Waals surface area contributed by atoms with Gasteiger partial charge in [-0.3, -0.25) is 9.59 Å². The van der Waals surface area contributed by atoms with E-state index in [1.807, 2.05) is 0 Å². The Bertz CT molecular complexity index is 647. The molecule has 0 unspecified atom stereocenters. The topological polar surface area (TPSA) is 53.2 Å². The summed E-state index contributed by atoms with van der Waals surface area (Å²) in [6, 6.07) is 2.18. The molecule has 0 aliphatic heterocycles. The van der Waals surface area contributed by atoms with Crippen molar-refractivity contribution >= 4 is 22.6 Å². The van der Waals surface area contributed by atoms with Crippen LogP contribution in [0, 0.1) is 11.6 Å². The molecule has 18 heavy (non-hydrogen) atoms. The van der Waals surface area contributed by atoms with Gasteiger partial charge in [0.1, 0.15) is 0 Å². The van der Waals surface area contributed by atoms with Crippen LogP contribution in [0.25, 0.3) is 10.9 Å². The van der Waals surface area contributed by atoms with Gasteiger partial charge in [-0.15, -0.1) is 0 Å². The second kappa shape index (κ2) is 4.21. The Hall–Kier alpha value is -2.24. The van der Waals surface area contributed by atoms with Gasteiger partial charge in [0, 0.05) is 25.7 Å². The van der Waals surface area contributed by atoms with Gasteiger partial charge in [0.25, 0.3) is 11.7 Å². The van der Waals surface area contributed by atoms with Crippen molar-refractivity contribution in [3.8, 4) is 0 Å². The van der Waals surface area contributed by atoms with Crippen LogP contribution in [0.5, 0.6) is 0 Å². The molecule has 0 radical (unpaired) electrons. The number of amides is 1. The van der Waals surface area contributed by atoms with E-state index in [1.165, 1.54) is 26.4 Å². The number of rotatable bonds is 2. The molecule has 6 heteroatoms. The predicted molar refractivity (Wildman–Crippen MR) is 61.2 cm³/mol. The first-order chi connectivity index (χ1) is 8.43. The van der Waals surface area contributed by atoms with E-state index < -0.39 is 23.3 Å². The lowest BCUT2D eigenvalue weighted by molar-refractivity contribution is -0.124. The van der Waals surface area contributed by atoms with Crippen LogP contribution in [0.3, 0.4) is 0 Å². The molecule has 0 saturated heterocycles. The molecule has 94 valence electrons. The lowest BCUT2D eigenvalue weighted by Crippen LogP contribution is -2.29. The largest absolute Gasteiger partial charge is 0.358 e. The second-order valence-corrected chi connectivity index (χ2v) is 4.01. The van der Waals surface area contributed by atoms with Crippen LogP contribution in [0.15, 0.2) is 18.3 Å². The third-order valence-corrected chi connectivity index (χ3v) is 2.59. The number of nitrogens with zero attached hydrogens (tertiary/aromatic N) is 1. The van der Waals surface area contributed by atoms with Crippen LogP contribution >= 0.6 is 0 Å². The fraction of sp³-hybridized carbons (Fsp3) is 0.167. The minimum Gasteiger partial charge on any atom is -0.358 e. The van der Waals surface area contributed by atoms with E-state index in [2.05, 4.69) is 4.98 Å². The Morgan fingerprint density at radius 3 is 2.50 bits per heavy atom. The number of aromatic nitrogens is 1. The summed E-state index contributed by atoms with van der Waals surface area (Å²) in [5.41, 5.74) is -0.0903. The van der Waals surface area contributed by atoms with Gasteiger partial charge in [-0.1, -0.05) is 0 Å². The molecule has 2 aromatic rings. The van der Waals surface area contributed by atoms with Gasteiger partial charge in [0.05, 0.1) is 11.1 Å². The molecule has 0 fully saturated rings. The number of fused-ring (bicyclic) bond motifs is 1. The zero-order valence-electron chi connectivity index (χ0n) is 9.75. The normalized spacial score (nSPS) is 10.7. The van der Waals surface area contributed by atoms with E-state index in [0.29, 0.717) is 0 Å². The molecule has 1 aromatic carbocycles. The summed E-state index contributed by atoms with van der Waals surface area (Å²) >= 11 is 0. The first-order valence-corrected chi connectivity index (χ1v) is 5.14. The lowest BCUT2D eigenvalue weighted by Gasteiger charge is -2.07. The molecule has 1 aromatic heterocycles. The van der Waals surface area contributed by atoms with Crippen molar-refractivity contribution in [3.05, 3.63) is 35.5 Å². The molecule has 0 atom stereocenters. The van der Waals surface area contributed by atoms with Gasteiger partial charge < -0.3 is 9.88 Å². The molecule has 0 saturated carbocycles. The molecular weight excluding hydrogens is 242 g/mol. The average Bonchev–Trinajstić information content (AvgIpc) is 2.76. The van der Waals surface area contributed by atoms with Crippen LogP contribution in [-0.4, -0.2) is 35.7 Å². The number of hydrogen-bond donors (Lipinski definition) is 1. The van der Waals surface area contributed by atoms with Gasteiger partial charge in [-0.25, -0.2) is 8.78 Å². The van der Waals surface area contributed by atoms with E-state index in [4.69, 9.17) is 0 Å². The van der Waals surface area contributed by atoms with Crippen molar-refractivity contribution in [1.82, 2.24) is 9.88 Å². The molecule has 0 bridgehead atoms. The number of hydrogen-bond acceptors (Lipinski definition) is 2. The fourth-order valence-electron chi connectivity index (χ4n) is 1.64. The number of carbonyl (C=O) groups is 2. The Morgan fingerprint density at radius 2 is 1.89 bits per heavy atom. The van der Waals surface area contributed by atoms with Crippen molar-refractivity contribution in [3.63, 3.8) is 0 Å². The number of aromatic amines is 1. The van der Waals surface area contributed by atoms with E-state index >= 15 is 0 Å². The molecule has 2 rings (SSSR count). The van der Waals surface area contributed by atoms with Crippen LogP contribution in [0.1, 0.15) is 10.4 Å². The number of likely N-dealkylation sites (N-methyl/N-ethyl adjacent to an activating group) is 1. The maximum absolute atomic E-state index is 13.4. The average molecular weight is 252 g/mol. The summed E-state index contributed by atoms with van der Waals surface area (Å²) in [5.74, 6) is -3.57. The standard InChI is InChI=1S/C12H10F2N2O2/c1-16(2)12(18)11(17)7-5-15-10-6(7)3-4-8(13)9(10)14/h3-5,15H,1-2H3. The number of ketones is 1. The highest BCUT2D eigenvalue weighted by Gasteiger charge is 2.23. The Kier molecular flexibility index (Phi) is 2.86. The first kappa shape index (κ1) is 12.2. The van der Waals surface area contributed by atoms with E-state index in [9.17, 15) is 18.4 Å².